The first-order valence-electron chi connectivity index (χ1n) is 19.0. The van der Waals surface area contributed by atoms with Crippen molar-refractivity contribution in [3.63, 3.8) is 0 Å². The van der Waals surface area contributed by atoms with Crippen molar-refractivity contribution in [3.8, 4) is 56.4 Å². The van der Waals surface area contributed by atoms with Gasteiger partial charge < -0.3 is 9.32 Å². The number of nitrogens with zero attached hydrogens (tertiary/aromatic N) is 4. The second kappa shape index (κ2) is 13.2. The van der Waals surface area contributed by atoms with Crippen LogP contribution in [-0.4, -0.2) is 21.0 Å². The number of fused-ring (bicyclic) bond motifs is 7. The molecule has 264 valence electrons. The largest absolute Gasteiger partial charge is 0.456 e. The summed E-state index contributed by atoms with van der Waals surface area (Å²) in [6, 6.07) is 63.7. The van der Waals surface area contributed by atoms with E-state index in [1.54, 1.807) is 0 Å². The van der Waals surface area contributed by atoms with Crippen LogP contribution in [0.4, 0.5) is 11.4 Å². The summed E-state index contributed by atoms with van der Waals surface area (Å²) in [4.78, 5) is 17.7. The van der Waals surface area contributed by atoms with Gasteiger partial charge in [0.15, 0.2) is 17.5 Å². The van der Waals surface area contributed by atoms with Gasteiger partial charge in [-0.25, -0.2) is 15.0 Å². The first kappa shape index (κ1) is 32.1. The molecule has 0 fully saturated rings. The number of rotatable bonds is 6. The van der Waals surface area contributed by atoms with E-state index in [-0.39, 0.29) is 12.0 Å². The molecule has 0 radical (unpaired) electrons. The van der Waals surface area contributed by atoms with E-state index in [9.17, 15) is 0 Å². The molecular weight excluding hydrogens is 685 g/mol. The molecule has 11 rings (SSSR count). The van der Waals surface area contributed by atoms with Gasteiger partial charge in [0, 0.05) is 44.9 Å². The molecule has 0 N–H and O–H groups in total. The number of benzene rings is 7. The van der Waals surface area contributed by atoms with E-state index in [0.29, 0.717) is 17.5 Å². The number of furan rings is 1. The van der Waals surface area contributed by atoms with Crippen molar-refractivity contribution in [2.24, 2.45) is 0 Å². The third-order valence-electron chi connectivity index (χ3n) is 11.1. The fourth-order valence-corrected chi connectivity index (χ4v) is 8.46. The zero-order chi connectivity index (χ0) is 37.0. The van der Waals surface area contributed by atoms with Gasteiger partial charge in [0.1, 0.15) is 11.3 Å². The van der Waals surface area contributed by atoms with E-state index in [1.807, 2.05) is 36.4 Å². The van der Waals surface area contributed by atoms with E-state index < -0.39 is 0 Å². The molecule has 0 amide bonds. The molecular formula is C51H34N4O. The average molecular weight is 719 g/mol. The first-order valence-corrected chi connectivity index (χ1v) is 19.0. The highest BCUT2D eigenvalue weighted by Crippen LogP contribution is 2.54. The topological polar surface area (TPSA) is 55.1 Å². The zero-order valence-corrected chi connectivity index (χ0v) is 30.3. The van der Waals surface area contributed by atoms with Gasteiger partial charge >= 0.3 is 0 Å². The van der Waals surface area contributed by atoms with Crippen LogP contribution in [0.25, 0.3) is 73.5 Å². The van der Waals surface area contributed by atoms with Crippen molar-refractivity contribution >= 4 is 28.4 Å². The fraction of sp³-hybridized carbons (Fsp3) is 0.0392. The molecule has 0 spiro atoms. The summed E-state index contributed by atoms with van der Waals surface area (Å²) in [6.45, 7) is 0. The zero-order valence-electron chi connectivity index (χ0n) is 30.3. The van der Waals surface area contributed by atoms with Crippen molar-refractivity contribution in [2.75, 3.05) is 4.90 Å². The van der Waals surface area contributed by atoms with Crippen LogP contribution in [-0.2, 0) is 0 Å². The maximum atomic E-state index is 6.60. The number of hydrogen-bond acceptors (Lipinski definition) is 5. The van der Waals surface area contributed by atoms with Crippen LogP contribution >= 0.6 is 0 Å². The molecule has 5 heteroatoms. The summed E-state index contributed by atoms with van der Waals surface area (Å²) in [5.41, 5.74) is 13.2. The Morgan fingerprint density at radius 2 is 0.982 bits per heavy atom. The quantitative estimate of drug-likeness (QED) is 0.171. The van der Waals surface area contributed by atoms with Crippen molar-refractivity contribution in [1.29, 1.82) is 0 Å². The van der Waals surface area contributed by atoms with E-state index in [2.05, 4.69) is 163 Å². The minimum absolute atomic E-state index is 0.0695. The second-order valence-corrected chi connectivity index (χ2v) is 14.4. The molecule has 56 heavy (non-hydrogen) atoms. The Kier molecular flexibility index (Phi) is 7.56. The number of para-hydroxylation sites is 1. The van der Waals surface area contributed by atoms with Gasteiger partial charge in [-0.1, -0.05) is 152 Å². The van der Waals surface area contributed by atoms with Crippen LogP contribution in [0.5, 0.6) is 0 Å². The lowest BCUT2D eigenvalue weighted by Crippen LogP contribution is -2.30. The molecule has 2 aliphatic rings. The first-order chi connectivity index (χ1) is 27.7. The van der Waals surface area contributed by atoms with Gasteiger partial charge in [-0.05, 0) is 70.3 Å². The van der Waals surface area contributed by atoms with Crippen molar-refractivity contribution in [2.45, 2.75) is 12.0 Å². The minimum atomic E-state index is 0.0695. The summed E-state index contributed by atoms with van der Waals surface area (Å²) in [5.74, 6) is 2.84. The van der Waals surface area contributed by atoms with Crippen LogP contribution in [0.2, 0.25) is 0 Å². The molecule has 3 heterocycles. The Bertz CT molecular complexity index is 2920. The van der Waals surface area contributed by atoms with E-state index in [1.165, 1.54) is 33.5 Å². The molecule has 5 nitrogen and oxygen atoms in total. The number of anilines is 2. The lowest BCUT2D eigenvalue weighted by atomic mass is 9.82. The second-order valence-electron chi connectivity index (χ2n) is 14.4. The molecule has 1 aliphatic heterocycles. The normalized spacial score (nSPS) is 15.4. The van der Waals surface area contributed by atoms with Crippen molar-refractivity contribution in [1.82, 2.24) is 15.0 Å². The fourth-order valence-electron chi connectivity index (χ4n) is 8.46. The molecule has 2 atom stereocenters. The van der Waals surface area contributed by atoms with Gasteiger partial charge in [-0.2, -0.15) is 0 Å². The summed E-state index contributed by atoms with van der Waals surface area (Å²) < 4.78 is 6.60. The maximum Gasteiger partial charge on any atom is 0.164 e. The van der Waals surface area contributed by atoms with Gasteiger partial charge in [-0.15, -0.1) is 0 Å². The third-order valence-corrected chi connectivity index (χ3v) is 11.1. The SMILES string of the molecule is C1=CC2C(c3ccccc3N2c2cccc(-c3ccccc3)c2)c2c1oc1ccc(-c3nc(-c4ccccc4)nc(-c4ccc(-c5ccccc5)cc4)n3)cc21. The standard InChI is InChI=1S/C51H34N4O/c1-4-13-33(14-5-1)35-23-25-37(26-24-35)50-52-49(36-17-8-3-9-18-36)53-51(54-50)39-27-29-45-42(32-39)48-46(56-45)30-28-44-47(48)41-21-10-11-22-43(41)55(44)40-20-12-19-38(31-40)34-15-6-2-7-16-34/h1-32,44,47H. The summed E-state index contributed by atoms with van der Waals surface area (Å²) >= 11 is 0. The molecule has 2 unspecified atom stereocenters. The molecule has 0 saturated carbocycles. The van der Waals surface area contributed by atoms with Gasteiger partial charge in [0.2, 0.25) is 0 Å². The van der Waals surface area contributed by atoms with Gasteiger partial charge in [0.05, 0.1) is 6.04 Å². The highest BCUT2D eigenvalue weighted by atomic mass is 16.3. The summed E-state index contributed by atoms with van der Waals surface area (Å²) in [5, 5.41) is 1.07. The maximum absolute atomic E-state index is 6.60. The molecule has 9 aromatic rings. The summed E-state index contributed by atoms with van der Waals surface area (Å²) in [7, 11) is 0. The highest BCUT2D eigenvalue weighted by Gasteiger charge is 2.43. The number of hydrogen-bond donors (Lipinski definition) is 0. The molecule has 1 aliphatic carbocycles. The third kappa shape index (κ3) is 5.44. The Labute approximate surface area is 324 Å². The lowest BCUT2D eigenvalue weighted by molar-refractivity contribution is 0.584. The van der Waals surface area contributed by atoms with E-state index in [0.717, 1.165) is 44.7 Å². The minimum Gasteiger partial charge on any atom is -0.456 e. The lowest BCUT2D eigenvalue weighted by Gasteiger charge is -2.30. The van der Waals surface area contributed by atoms with Crippen molar-refractivity contribution < 1.29 is 4.42 Å². The van der Waals surface area contributed by atoms with Gasteiger partial charge in [0.25, 0.3) is 0 Å². The van der Waals surface area contributed by atoms with Crippen LogP contribution in [0, 0.1) is 0 Å². The van der Waals surface area contributed by atoms with E-state index in [4.69, 9.17) is 19.4 Å². The average Bonchev–Trinajstić information content (AvgIpc) is 3.82. The summed E-state index contributed by atoms with van der Waals surface area (Å²) in [6.07, 6.45) is 4.46. The predicted molar refractivity (Wildman–Crippen MR) is 226 cm³/mol. The van der Waals surface area contributed by atoms with Crippen LogP contribution < -0.4 is 4.90 Å². The molecule has 0 bridgehead atoms. The predicted octanol–water partition coefficient (Wildman–Crippen LogP) is 12.6. The van der Waals surface area contributed by atoms with Crippen LogP contribution in [0.15, 0.2) is 192 Å². The molecule has 7 aromatic carbocycles. The van der Waals surface area contributed by atoms with Crippen molar-refractivity contribution in [3.05, 3.63) is 205 Å². The van der Waals surface area contributed by atoms with Gasteiger partial charge in [-0.3, -0.25) is 0 Å². The Hall–Kier alpha value is -7.37. The van der Waals surface area contributed by atoms with E-state index >= 15 is 0 Å². The Morgan fingerprint density at radius 3 is 1.70 bits per heavy atom. The van der Waals surface area contributed by atoms with Crippen LogP contribution in [0.1, 0.15) is 22.8 Å². The smallest absolute Gasteiger partial charge is 0.164 e. The Morgan fingerprint density at radius 1 is 0.446 bits per heavy atom. The molecule has 0 saturated heterocycles. The highest BCUT2D eigenvalue weighted by molar-refractivity contribution is 5.93. The molecule has 2 aromatic heterocycles. The Balaban J connectivity index is 1.02. The van der Waals surface area contributed by atoms with Crippen LogP contribution in [0.3, 0.4) is 0 Å². The monoisotopic (exact) mass is 718 g/mol. The number of aromatic nitrogens is 3.